The van der Waals surface area contributed by atoms with Crippen LogP contribution in [0.5, 0.6) is 0 Å². The molecule has 1 aliphatic rings. The summed E-state index contributed by atoms with van der Waals surface area (Å²) in [6.45, 7) is 0. The van der Waals surface area contributed by atoms with Crippen molar-refractivity contribution >= 4 is 28.8 Å². The lowest BCUT2D eigenvalue weighted by molar-refractivity contribution is -0.384. The molecule has 2 aromatic carbocycles. The van der Waals surface area contributed by atoms with Gasteiger partial charge in [-0.15, -0.1) is 11.8 Å². The molecular formula is C15H13N3O2S. The Kier molecular flexibility index (Phi) is 3.87. The largest absolute Gasteiger partial charge is 0.278 e. The zero-order chi connectivity index (χ0) is 14.7. The van der Waals surface area contributed by atoms with Crippen molar-refractivity contribution in [3.05, 3.63) is 64.2 Å². The van der Waals surface area contributed by atoms with Crippen LogP contribution in [0.25, 0.3) is 0 Å². The second-order valence-electron chi connectivity index (χ2n) is 4.57. The van der Waals surface area contributed by atoms with Crippen molar-refractivity contribution < 1.29 is 4.92 Å². The van der Waals surface area contributed by atoms with E-state index in [4.69, 9.17) is 0 Å². The first-order chi connectivity index (χ1) is 10.2. The van der Waals surface area contributed by atoms with Crippen LogP contribution in [0.3, 0.4) is 0 Å². The number of anilines is 1. The fraction of sp³-hybridized carbons (Fsp3) is 0.133. The van der Waals surface area contributed by atoms with Crippen LogP contribution in [0, 0.1) is 10.1 Å². The first-order valence-corrected chi connectivity index (χ1v) is 7.52. The van der Waals surface area contributed by atoms with E-state index in [1.807, 2.05) is 23.9 Å². The van der Waals surface area contributed by atoms with Crippen LogP contribution in [0.15, 0.2) is 58.5 Å². The number of hydrogen-bond donors (Lipinski definition) is 1. The zero-order valence-corrected chi connectivity index (χ0v) is 12.0. The predicted octanol–water partition coefficient (Wildman–Crippen LogP) is 3.91. The van der Waals surface area contributed by atoms with Gasteiger partial charge in [-0.2, -0.15) is 5.10 Å². The highest BCUT2D eigenvalue weighted by molar-refractivity contribution is 7.99. The van der Waals surface area contributed by atoms with Crippen molar-refractivity contribution in [1.82, 2.24) is 0 Å². The fourth-order valence-corrected chi connectivity index (χ4v) is 3.16. The predicted molar refractivity (Wildman–Crippen MR) is 85.0 cm³/mol. The third kappa shape index (κ3) is 3.05. The summed E-state index contributed by atoms with van der Waals surface area (Å²) in [5, 5.41) is 15.1. The molecule has 1 N–H and O–H groups in total. The minimum atomic E-state index is -0.412. The maximum absolute atomic E-state index is 10.6. The summed E-state index contributed by atoms with van der Waals surface area (Å²) in [6, 6.07) is 14.4. The summed E-state index contributed by atoms with van der Waals surface area (Å²) in [5.74, 6) is 1.01. The lowest BCUT2D eigenvalue weighted by Crippen LogP contribution is -2.11. The molecule has 0 atom stereocenters. The van der Waals surface area contributed by atoms with Gasteiger partial charge in [0.05, 0.1) is 16.3 Å². The van der Waals surface area contributed by atoms with Crippen molar-refractivity contribution in [1.29, 1.82) is 0 Å². The van der Waals surface area contributed by atoms with Crippen LogP contribution in [-0.4, -0.2) is 16.4 Å². The molecule has 3 rings (SSSR count). The Hall–Kier alpha value is -2.34. The molecule has 0 saturated heterocycles. The molecule has 2 aromatic rings. The summed E-state index contributed by atoms with van der Waals surface area (Å²) in [7, 11) is 0. The Morgan fingerprint density at radius 2 is 1.90 bits per heavy atom. The Labute approximate surface area is 126 Å². The van der Waals surface area contributed by atoms with Gasteiger partial charge < -0.3 is 0 Å². The number of rotatable bonds is 3. The third-order valence-electron chi connectivity index (χ3n) is 3.19. The number of benzene rings is 2. The van der Waals surface area contributed by atoms with Crippen molar-refractivity contribution in [3.8, 4) is 0 Å². The van der Waals surface area contributed by atoms with Crippen molar-refractivity contribution in [2.45, 2.75) is 11.3 Å². The van der Waals surface area contributed by atoms with E-state index in [9.17, 15) is 10.1 Å². The van der Waals surface area contributed by atoms with Crippen LogP contribution < -0.4 is 5.43 Å². The minimum absolute atomic E-state index is 0.0765. The van der Waals surface area contributed by atoms with Gasteiger partial charge in [0.15, 0.2) is 0 Å². The number of hydrazone groups is 1. The second kappa shape index (κ2) is 5.97. The Morgan fingerprint density at radius 3 is 2.67 bits per heavy atom. The molecule has 0 spiro atoms. The average Bonchev–Trinajstić information content (AvgIpc) is 2.53. The standard InChI is InChI=1S/C15H13N3O2S/c19-18(20)12-7-5-11(6-8-12)16-17-14-9-10-21-15-4-2-1-3-13(14)15/h1-8,16H,9-10H2/b17-14-. The molecule has 1 aliphatic heterocycles. The van der Waals surface area contributed by atoms with Gasteiger partial charge in [-0.05, 0) is 18.2 Å². The van der Waals surface area contributed by atoms with Gasteiger partial charge in [-0.1, -0.05) is 18.2 Å². The van der Waals surface area contributed by atoms with Gasteiger partial charge in [0.25, 0.3) is 5.69 Å². The highest BCUT2D eigenvalue weighted by Crippen LogP contribution is 2.30. The van der Waals surface area contributed by atoms with Crippen LogP contribution in [0.2, 0.25) is 0 Å². The molecular weight excluding hydrogens is 286 g/mol. The van der Waals surface area contributed by atoms with Gasteiger partial charge in [0, 0.05) is 34.8 Å². The monoisotopic (exact) mass is 299 g/mol. The molecule has 0 amide bonds. The maximum Gasteiger partial charge on any atom is 0.269 e. The molecule has 1 heterocycles. The average molecular weight is 299 g/mol. The highest BCUT2D eigenvalue weighted by atomic mass is 32.2. The topological polar surface area (TPSA) is 67.5 Å². The van der Waals surface area contributed by atoms with E-state index >= 15 is 0 Å². The van der Waals surface area contributed by atoms with Gasteiger partial charge in [-0.3, -0.25) is 15.5 Å². The molecule has 0 radical (unpaired) electrons. The van der Waals surface area contributed by atoms with Crippen LogP contribution in [0.4, 0.5) is 11.4 Å². The molecule has 0 saturated carbocycles. The number of nitrogens with one attached hydrogen (secondary N) is 1. The first kappa shape index (κ1) is 13.6. The van der Waals surface area contributed by atoms with Crippen LogP contribution in [-0.2, 0) is 0 Å². The summed E-state index contributed by atoms with van der Waals surface area (Å²) in [4.78, 5) is 11.4. The number of nitro groups is 1. The molecule has 5 nitrogen and oxygen atoms in total. The van der Waals surface area contributed by atoms with Crippen LogP contribution >= 0.6 is 11.8 Å². The molecule has 0 aromatic heterocycles. The summed E-state index contributed by atoms with van der Waals surface area (Å²) in [6.07, 6.45) is 0.904. The number of nitro benzene ring substituents is 1. The second-order valence-corrected chi connectivity index (χ2v) is 5.71. The van der Waals surface area contributed by atoms with Crippen molar-refractivity contribution in [3.63, 3.8) is 0 Å². The first-order valence-electron chi connectivity index (χ1n) is 6.53. The van der Waals surface area contributed by atoms with E-state index in [2.05, 4.69) is 22.7 Å². The fourth-order valence-electron chi connectivity index (χ4n) is 2.13. The van der Waals surface area contributed by atoms with Gasteiger partial charge in [-0.25, -0.2) is 0 Å². The molecule has 21 heavy (non-hydrogen) atoms. The SMILES string of the molecule is O=[N+]([O-])c1ccc(N/N=C2/CCSc3ccccc32)cc1. The lowest BCUT2D eigenvalue weighted by atomic mass is 10.1. The van der Waals surface area contributed by atoms with Gasteiger partial charge in [0.1, 0.15) is 0 Å². The Morgan fingerprint density at radius 1 is 1.14 bits per heavy atom. The number of hydrogen-bond acceptors (Lipinski definition) is 5. The maximum atomic E-state index is 10.6. The van der Waals surface area contributed by atoms with E-state index in [0.29, 0.717) is 0 Å². The smallest absolute Gasteiger partial charge is 0.269 e. The normalized spacial score (nSPS) is 15.5. The van der Waals surface area contributed by atoms with E-state index in [-0.39, 0.29) is 5.69 Å². The number of nitrogens with zero attached hydrogens (tertiary/aromatic N) is 2. The van der Waals surface area contributed by atoms with Crippen molar-refractivity contribution in [2.24, 2.45) is 5.10 Å². The molecule has 0 aliphatic carbocycles. The molecule has 0 bridgehead atoms. The quantitative estimate of drug-likeness (QED) is 0.689. The molecule has 0 fully saturated rings. The molecule has 106 valence electrons. The lowest BCUT2D eigenvalue weighted by Gasteiger charge is -2.17. The van der Waals surface area contributed by atoms with E-state index < -0.39 is 4.92 Å². The molecule has 6 heteroatoms. The van der Waals surface area contributed by atoms with Crippen molar-refractivity contribution in [2.75, 3.05) is 11.2 Å². The Balaban J connectivity index is 1.79. The highest BCUT2D eigenvalue weighted by Gasteiger charge is 2.15. The van der Waals surface area contributed by atoms with Gasteiger partial charge in [0.2, 0.25) is 0 Å². The third-order valence-corrected chi connectivity index (χ3v) is 4.27. The summed E-state index contributed by atoms with van der Waals surface area (Å²) < 4.78 is 0. The number of non-ortho nitro benzene ring substituents is 1. The van der Waals surface area contributed by atoms with E-state index in [1.54, 1.807) is 12.1 Å². The van der Waals surface area contributed by atoms with E-state index in [1.165, 1.54) is 17.0 Å². The molecule has 0 unspecified atom stereocenters. The van der Waals surface area contributed by atoms with Gasteiger partial charge >= 0.3 is 0 Å². The summed E-state index contributed by atoms with van der Waals surface area (Å²) >= 11 is 1.84. The van der Waals surface area contributed by atoms with Crippen LogP contribution in [0.1, 0.15) is 12.0 Å². The Bertz CT molecular complexity index is 698. The zero-order valence-electron chi connectivity index (χ0n) is 11.2. The summed E-state index contributed by atoms with van der Waals surface area (Å²) in [5.41, 5.74) is 5.97. The number of thioether (sulfide) groups is 1. The number of fused-ring (bicyclic) bond motifs is 1. The van der Waals surface area contributed by atoms with E-state index in [0.717, 1.165) is 29.1 Å². The minimum Gasteiger partial charge on any atom is -0.278 e.